The van der Waals surface area contributed by atoms with Gasteiger partial charge in [-0.05, 0) is 0 Å². The number of rotatable bonds is 0. The first kappa shape index (κ1) is 22.5. The number of hydrogen-bond acceptors (Lipinski definition) is 6. The van der Waals surface area contributed by atoms with Crippen molar-refractivity contribution in [2.75, 3.05) is 0 Å². The maximum Gasteiger partial charge on any atom is 3.00 e. The largest absolute Gasteiger partial charge is 3.00 e. The van der Waals surface area contributed by atoms with E-state index in [1.165, 1.54) is 0 Å². The molecule has 0 fully saturated rings. The van der Waals surface area contributed by atoms with Gasteiger partial charge in [-0.15, -0.1) is 0 Å². The van der Waals surface area contributed by atoms with Gasteiger partial charge >= 0.3 is 88.5 Å². The Morgan fingerprint density at radius 1 is 0.700 bits per heavy atom. The minimum Gasteiger partial charge on any atom is 3.00 e. The molecule has 6 nitrogen and oxygen atoms in total. The molecule has 0 N–H and O–H groups in total. The second-order valence-electron chi connectivity index (χ2n) is 0.289. The van der Waals surface area contributed by atoms with E-state index in [0.717, 1.165) is 0 Å². The van der Waals surface area contributed by atoms with E-state index in [9.17, 15) is 0 Å². The van der Waals surface area contributed by atoms with Crippen molar-refractivity contribution in [3.63, 3.8) is 0 Å². The molecule has 0 aromatic carbocycles. The Labute approximate surface area is 88.1 Å². The average molecular weight is 296 g/mol. The van der Waals surface area contributed by atoms with Gasteiger partial charge < -0.3 is 0 Å². The summed E-state index contributed by atoms with van der Waals surface area (Å²) < 4.78 is 24.8. The van der Waals surface area contributed by atoms with Gasteiger partial charge in [0, 0.05) is 0 Å². The molecular weight excluding hydrogens is 296 g/mol. The van der Waals surface area contributed by atoms with Gasteiger partial charge in [0.05, 0.1) is 0 Å². The Bertz CT molecular complexity index is 49.7. The van der Waals surface area contributed by atoms with E-state index in [1.807, 2.05) is 0 Å². The Morgan fingerprint density at radius 2 is 0.700 bits per heavy atom. The Kier molecular flexibility index (Phi) is 134. The summed E-state index contributed by atoms with van der Waals surface area (Å²) in [5, 5.41) is 24.8. The zero-order valence-corrected chi connectivity index (χ0v) is 6.32. The van der Waals surface area contributed by atoms with Crippen LogP contribution in [0.5, 0.6) is 0 Å². The van der Waals surface area contributed by atoms with E-state index in [1.54, 1.807) is 0 Å². The molecule has 0 rings (SSSR count). The standard InChI is InChI=1S/3BO2.Er/c3*2-1-3;/q3*-1;+3. The van der Waals surface area contributed by atoms with Crippen molar-refractivity contribution in [1.82, 2.24) is 0 Å². The van der Waals surface area contributed by atoms with Crippen LogP contribution >= 0.6 is 0 Å². The van der Waals surface area contributed by atoms with Crippen LogP contribution < -0.4 is 15.1 Å². The average Bonchev–Trinajstić information content (AvgIpc) is 1.70. The fraction of sp³-hybridized carbons (Fsp3) is 0. The smallest absolute Gasteiger partial charge is 3.00 e. The second-order valence-corrected chi connectivity index (χ2v) is 0.289. The molecule has 1 radical (unpaired) electrons. The molecule has 0 aliphatic rings. The van der Waals surface area contributed by atoms with Crippen LogP contribution in [0, 0.1) is 37.3 Å². The Morgan fingerprint density at radius 3 is 0.700 bits per heavy atom. The summed E-state index contributed by atoms with van der Waals surface area (Å²) in [6.07, 6.45) is 0. The minimum absolute atomic E-state index is 0. The van der Waals surface area contributed by atoms with Gasteiger partial charge in [0.25, 0.3) is 0 Å². The first-order valence-corrected chi connectivity index (χ1v) is 1.41. The van der Waals surface area contributed by atoms with Crippen LogP contribution in [0.4, 0.5) is 0 Å². The molecule has 0 amide bonds. The summed E-state index contributed by atoms with van der Waals surface area (Å²) in [7, 11) is -1.50. The van der Waals surface area contributed by atoms with Crippen LogP contribution in [-0.2, 0) is 14.1 Å². The van der Waals surface area contributed by atoms with Gasteiger partial charge in [-0.25, -0.2) is 0 Å². The van der Waals surface area contributed by atoms with Crippen molar-refractivity contribution in [1.29, 1.82) is 0 Å². The Balaban J connectivity index is -0.0000000257. The van der Waals surface area contributed by atoms with E-state index in [2.05, 4.69) is 0 Å². The van der Waals surface area contributed by atoms with Crippen molar-refractivity contribution in [2.45, 2.75) is 0 Å². The van der Waals surface area contributed by atoms with Crippen molar-refractivity contribution >= 4 is 22.1 Å². The molecule has 10 heavy (non-hydrogen) atoms. The fourth-order valence-corrected chi connectivity index (χ4v) is 0. The van der Waals surface area contributed by atoms with E-state index < -0.39 is 22.1 Å². The molecule has 0 aliphatic heterocycles. The molecule has 0 bridgehead atoms. The molecule has 0 unspecified atom stereocenters. The van der Waals surface area contributed by atoms with Gasteiger partial charge in [0.2, 0.25) is 0 Å². The van der Waals surface area contributed by atoms with Crippen molar-refractivity contribution in [2.24, 2.45) is 0 Å². The predicted molar refractivity (Wildman–Crippen MR) is 19.3 cm³/mol. The van der Waals surface area contributed by atoms with Crippen molar-refractivity contribution < 1.29 is 66.5 Å². The SMILES string of the molecule is O=B[O-].O=B[O-].O=B[O-].[Er+3]. The molecule has 0 heterocycles. The van der Waals surface area contributed by atoms with E-state index in [0.29, 0.717) is 0 Å². The minimum atomic E-state index is -0.500. The third-order valence-corrected chi connectivity index (χ3v) is 0. The summed E-state index contributed by atoms with van der Waals surface area (Å²) in [5.74, 6) is 0. The molecule has 0 saturated heterocycles. The quantitative estimate of drug-likeness (QED) is 0.412. The molecule has 10 heteroatoms. The zero-order valence-electron chi connectivity index (χ0n) is 4.47. The van der Waals surface area contributed by atoms with Crippen LogP contribution in [0.3, 0.4) is 0 Å². The molecule has 0 spiro atoms. The normalized spacial score (nSPS) is 2.40. The Hall–Kier alpha value is 0.242. The van der Waals surface area contributed by atoms with E-state index >= 15 is 0 Å². The fourth-order valence-electron chi connectivity index (χ4n) is 0. The topological polar surface area (TPSA) is 120 Å². The van der Waals surface area contributed by atoms with Crippen LogP contribution in [-0.4, -0.2) is 22.1 Å². The summed E-state index contributed by atoms with van der Waals surface area (Å²) in [4.78, 5) is 0. The predicted octanol–water partition coefficient (Wildman–Crippen LogP) is -5.07. The van der Waals surface area contributed by atoms with Crippen molar-refractivity contribution in [3.05, 3.63) is 0 Å². The second kappa shape index (κ2) is 59.7. The zero-order chi connectivity index (χ0) is 8.12. The summed E-state index contributed by atoms with van der Waals surface area (Å²) in [6, 6.07) is 0. The van der Waals surface area contributed by atoms with Gasteiger partial charge in [-0.3, -0.25) is 0 Å². The summed E-state index contributed by atoms with van der Waals surface area (Å²) in [6.45, 7) is 0. The molecule has 0 atom stereocenters. The molecule has 0 saturated carbocycles. The van der Waals surface area contributed by atoms with Crippen LogP contribution in [0.15, 0.2) is 0 Å². The molecule has 57 valence electrons. The number of hydrogen-bond donors (Lipinski definition) is 0. The third-order valence-electron chi connectivity index (χ3n) is 0. The van der Waals surface area contributed by atoms with Crippen LogP contribution in [0.2, 0.25) is 0 Å². The van der Waals surface area contributed by atoms with Gasteiger partial charge in [0.15, 0.2) is 0 Å². The van der Waals surface area contributed by atoms with Gasteiger partial charge in [-0.1, -0.05) is 0 Å². The summed E-state index contributed by atoms with van der Waals surface area (Å²) in [5.41, 5.74) is 0. The van der Waals surface area contributed by atoms with Gasteiger partial charge in [0.1, 0.15) is 0 Å². The molecule has 0 aliphatic carbocycles. The van der Waals surface area contributed by atoms with Crippen LogP contribution in [0.1, 0.15) is 0 Å². The first-order valence-electron chi connectivity index (χ1n) is 1.41. The summed E-state index contributed by atoms with van der Waals surface area (Å²) >= 11 is 0. The van der Waals surface area contributed by atoms with E-state index in [4.69, 9.17) is 29.2 Å². The molecule has 0 aromatic rings. The first-order chi connectivity index (χ1) is 4.24. The van der Waals surface area contributed by atoms with Gasteiger partial charge in [-0.2, -0.15) is 0 Å². The molecular formula is B3ErO6. The van der Waals surface area contributed by atoms with Crippen molar-refractivity contribution in [3.8, 4) is 0 Å². The van der Waals surface area contributed by atoms with E-state index in [-0.39, 0.29) is 37.3 Å². The third kappa shape index (κ3) is 7410. The maximum atomic E-state index is 8.25. The molecule has 0 aromatic heterocycles. The van der Waals surface area contributed by atoms with Crippen LogP contribution in [0.25, 0.3) is 0 Å². The monoisotopic (exact) mass is 295 g/mol. The maximum absolute atomic E-state index is 8.25.